The Kier molecular flexibility index (Phi) is 7.07. The lowest BCUT2D eigenvalue weighted by atomic mass is 9.88. The first-order chi connectivity index (χ1) is 14.9. The number of imide groups is 1. The molecule has 1 atom stereocenters. The first-order valence-corrected chi connectivity index (χ1v) is 11.0. The van der Waals surface area contributed by atoms with Gasteiger partial charge in [0.2, 0.25) is 11.8 Å². The molecule has 3 rings (SSSR count). The van der Waals surface area contributed by atoms with Gasteiger partial charge in [-0.2, -0.15) is 0 Å². The number of halogens is 1. The Morgan fingerprint density at radius 2 is 2.00 bits per heavy atom. The van der Waals surface area contributed by atoms with Crippen LogP contribution in [0.1, 0.15) is 52.9 Å². The van der Waals surface area contributed by atoms with Crippen LogP contribution in [0.2, 0.25) is 0 Å². The van der Waals surface area contributed by atoms with Crippen molar-refractivity contribution in [2.45, 2.75) is 64.1 Å². The van der Waals surface area contributed by atoms with Crippen molar-refractivity contribution in [3.8, 4) is 0 Å². The first kappa shape index (κ1) is 24.0. The monoisotopic (exact) mass is 449 g/mol. The largest absolute Gasteiger partial charge is 0.460 e. The van der Waals surface area contributed by atoms with Gasteiger partial charge in [0.1, 0.15) is 11.4 Å². The molecule has 9 heteroatoms. The topological polar surface area (TPSA) is 108 Å². The van der Waals surface area contributed by atoms with Gasteiger partial charge in [0.25, 0.3) is 0 Å². The number of aliphatic hydroxyl groups is 1. The zero-order valence-corrected chi connectivity index (χ0v) is 18.9. The van der Waals surface area contributed by atoms with Crippen LogP contribution in [0.25, 0.3) is 0 Å². The number of amides is 2. The van der Waals surface area contributed by atoms with Crippen molar-refractivity contribution < 1.29 is 28.6 Å². The molecule has 2 amide bonds. The molecule has 32 heavy (non-hydrogen) atoms. The Morgan fingerprint density at radius 1 is 1.31 bits per heavy atom. The van der Waals surface area contributed by atoms with Gasteiger partial charge in [0.05, 0.1) is 23.6 Å². The zero-order valence-electron chi connectivity index (χ0n) is 18.9. The lowest BCUT2D eigenvalue weighted by molar-refractivity contribution is -0.161. The van der Waals surface area contributed by atoms with Gasteiger partial charge in [-0.3, -0.25) is 19.7 Å². The molecule has 2 saturated heterocycles. The summed E-state index contributed by atoms with van der Waals surface area (Å²) in [6.45, 7) is 6.49. The fraction of sp³-hybridized carbons (Fsp3) is 0.609. The molecule has 176 valence electrons. The summed E-state index contributed by atoms with van der Waals surface area (Å²) >= 11 is 0. The molecule has 1 aromatic carbocycles. The van der Waals surface area contributed by atoms with Crippen LogP contribution in [-0.2, 0) is 19.1 Å². The van der Waals surface area contributed by atoms with Crippen LogP contribution in [-0.4, -0.2) is 53.7 Å². The summed E-state index contributed by atoms with van der Waals surface area (Å²) in [6.07, 6.45) is 1.37. The lowest BCUT2D eigenvalue weighted by Crippen LogP contribution is -2.46. The van der Waals surface area contributed by atoms with Crippen LogP contribution in [0, 0.1) is 11.7 Å². The number of anilines is 2. The van der Waals surface area contributed by atoms with E-state index in [1.807, 2.05) is 4.90 Å². The van der Waals surface area contributed by atoms with E-state index in [1.54, 1.807) is 32.9 Å². The van der Waals surface area contributed by atoms with Crippen molar-refractivity contribution in [2.75, 3.05) is 29.9 Å². The van der Waals surface area contributed by atoms with E-state index in [4.69, 9.17) is 4.74 Å². The Bertz CT molecular complexity index is 875. The minimum Gasteiger partial charge on any atom is -0.460 e. The second kappa shape index (κ2) is 9.44. The van der Waals surface area contributed by atoms with Crippen molar-refractivity contribution in [2.24, 2.45) is 5.92 Å². The standard InChI is InChI=1S/C23H32FN3O5/c1-22(2,3)32-20(29)13-23(31)8-10-27(11-9-23)18-6-5-16(12-17(18)24)25-14-15-4-7-19(28)26-21(15)30/h5-6,12,15,25,31H,4,7-11,13-14H2,1-3H3,(H,26,28,30). The number of benzene rings is 1. The molecular formula is C23H32FN3O5. The number of rotatable bonds is 6. The van der Waals surface area contributed by atoms with E-state index in [0.717, 1.165) is 0 Å². The van der Waals surface area contributed by atoms with E-state index in [2.05, 4.69) is 10.6 Å². The molecule has 0 bridgehead atoms. The number of carbonyl (C=O) groups is 3. The summed E-state index contributed by atoms with van der Waals surface area (Å²) in [4.78, 5) is 37.0. The molecule has 1 aromatic rings. The van der Waals surface area contributed by atoms with Crippen LogP contribution in [0.3, 0.4) is 0 Å². The second-order valence-corrected chi connectivity index (χ2v) is 9.67. The van der Waals surface area contributed by atoms with Gasteiger partial charge in [-0.25, -0.2) is 4.39 Å². The highest BCUT2D eigenvalue weighted by atomic mass is 19.1. The number of esters is 1. The maximum Gasteiger partial charge on any atom is 0.309 e. The molecule has 2 heterocycles. The average Bonchev–Trinajstić information content (AvgIpc) is 2.66. The summed E-state index contributed by atoms with van der Waals surface area (Å²) < 4.78 is 20.1. The number of hydrogen-bond acceptors (Lipinski definition) is 7. The predicted molar refractivity (Wildman–Crippen MR) is 118 cm³/mol. The maximum atomic E-state index is 14.8. The van der Waals surface area contributed by atoms with E-state index in [0.29, 0.717) is 56.7 Å². The van der Waals surface area contributed by atoms with Crippen LogP contribution in [0.15, 0.2) is 18.2 Å². The van der Waals surface area contributed by atoms with Gasteiger partial charge in [-0.1, -0.05) is 0 Å². The van der Waals surface area contributed by atoms with Gasteiger partial charge in [-0.05, 0) is 58.2 Å². The quantitative estimate of drug-likeness (QED) is 0.452. The van der Waals surface area contributed by atoms with E-state index in [-0.39, 0.29) is 24.2 Å². The molecule has 0 spiro atoms. The molecule has 2 fully saturated rings. The van der Waals surface area contributed by atoms with Crippen molar-refractivity contribution in [1.82, 2.24) is 5.32 Å². The highest BCUT2D eigenvalue weighted by Gasteiger charge is 2.36. The highest BCUT2D eigenvalue weighted by molar-refractivity contribution is 5.98. The minimum atomic E-state index is -1.15. The van der Waals surface area contributed by atoms with Crippen LogP contribution in [0.5, 0.6) is 0 Å². The number of piperidine rings is 2. The number of nitrogens with zero attached hydrogens (tertiary/aromatic N) is 1. The Labute approximate surface area is 187 Å². The molecule has 1 unspecified atom stereocenters. The third-order valence-corrected chi connectivity index (χ3v) is 5.78. The fourth-order valence-electron chi connectivity index (χ4n) is 4.03. The predicted octanol–water partition coefficient (Wildman–Crippen LogP) is 2.35. The summed E-state index contributed by atoms with van der Waals surface area (Å²) in [5.74, 6) is -1.75. The van der Waals surface area contributed by atoms with E-state index in [9.17, 15) is 23.9 Å². The van der Waals surface area contributed by atoms with Crippen molar-refractivity contribution >= 4 is 29.2 Å². The summed E-state index contributed by atoms with van der Waals surface area (Å²) in [6, 6.07) is 4.79. The van der Waals surface area contributed by atoms with Crippen molar-refractivity contribution in [3.05, 3.63) is 24.0 Å². The number of nitrogens with one attached hydrogen (secondary N) is 2. The Balaban J connectivity index is 1.53. The third kappa shape index (κ3) is 6.41. The smallest absolute Gasteiger partial charge is 0.309 e. The third-order valence-electron chi connectivity index (χ3n) is 5.78. The van der Waals surface area contributed by atoms with Gasteiger partial charge in [0.15, 0.2) is 0 Å². The SMILES string of the molecule is CC(C)(C)OC(=O)CC1(O)CCN(c2ccc(NCC3CCC(=O)NC3=O)cc2F)CC1. The minimum absolute atomic E-state index is 0.0796. The van der Waals surface area contributed by atoms with Gasteiger partial charge in [0, 0.05) is 31.7 Å². The molecule has 0 saturated carbocycles. The van der Waals surface area contributed by atoms with Gasteiger partial charge < -0.3 is 20.1 Å². The molecule has 0 aliphatic carbocycles. The summed E-state index contributed by atoms with van der Waals surface area (Å²) in [5, 5.41) is 16.1. The van der Waals surface area contributed by atoms with Crippen LogP contribution in [0.4, 0.5) is 15.8 Å². The molecule has 0 aromatic heterocycles. The molecular weight excluding hydrogens is 417 g/mol. The van der Waals surface area contributed by atoms with E-state index >= 15 is 0 Å². The zero-order chi connectivity index (χ0) is 23.5. The number of carbonyl (C=O) groups excluding carboxylic acids is 3. The van der Waals surface area contributed by atoms with E-state index < -0.39 is 23.0 Å². The molecule has 2 aliphatic rings. The fourth-order valence-corrected chi connectivity index (χ4v) is 4.03. The Hall–Kier alpha value is -2.68. The van der Waals surface area contributed by atoms with Crippen LogP contribution < -0.4 is 15.5 Å². The van der Waals surface area contributed by atoms with Crippen molar-refractivity contribution in [3.63, 3.8) is 0 Å². The molecule has 3 N–H and O–H groups in total. The molecule has 0 radical (unpaired) electrons. The van der Waals surface area contributed by atoms with Crippen molar-refractivity contribution in [1.29, 1.82) is 0 Å². The molecule has 8 nitrogen and oxygen atoms in total. The maximum absolute atomic E-state index is 14.8. The van der Waals surface area contributed by atoms with Gasteiger partial charge in [-0.15, -0.1) is 0 Å². The molecule has 2 aliphatic heterocycles. The lowest BCUT2D eigenvalue weighted by Gasteiger charge is -2.39. The number of hydrogen-bond donors (Lipinski definition) is 3. The first-order valence-electron chi connectivity index (χ1n) is 11.0. The highest BCUT2D eigenvalue weighted by Crippen LogP contribution is 2.32. The second-order valence-electron chi connectivity index (χ2n) is 9.67. The van der Waals surface area contributed by atoms with E-state index in [1.165, 1.54) is 6.07 Å². The number of ether oxygens (including phenoxy) is 1. The summed E-state index contributed by atoms with van der Waals surface area (Å²) in [7, 11) is 0. The van der Waals surface area contributed by atoms with Gasteiger partial charge >= 0.3 is 5.97 Å². The average molecular weight is 450 g/mol. The van der Waals surface area contributed by atoms with Crippen LogP contribution >= 0.6 is 0 Å². The Morgan fingerprint density at radius 3 is 2.59 bits per heavy atom. The normalized spacial score (nSPS) is 21.2. The summed E-state index contributed by atoms with van der Waals surface area (Å²) in [5.41, 5.74) is -0.783.